The first kappa shape index (κ1) is 8.28. The molecule has 0 aromatic carbocycles. The molecule has 0 fully saturated rings. The van der Waals surface area contributed by atoms with Gasteiger partial charge in [0.25, 0.3) is 0 Å². The number of hydrogen-bond acceptors (Lipinski definition) is 1. The van der Waals surface area contributed by atoms with Crippen LogP contribution in [0.5, 0.6) is 0 Å². The maximum Gasteiger partial charge on any atom is 0.0219 e. The minimum absolute atomic E-state index is 1.03. The van der Waals surface area contributed by atoms with Crippen LogP contribution in [0.2, 0.25) is 0 Å². The van der Waals surface area contributed by atoms with Crippen LogP contribution in [-0.4, -0.2) is 11.4 Å². The van der Waals surface area contributed by atoms with Crippen LogP contribution in [-0.2, 0) is 0 Å². The van der Waals surface area contributed by atoms with Crippen LogP contribution in [0.4, 0.5) is 0 Å². The van der Waals surface area contributed by atoms with Gasteiger partial charge in [0, 0.05) is 12.2 Å². The Labute approximate surface area is 57.7 Å². The highest BCUT2D eigenvalue weighted by atomic mass is 15.1. The second-order valence-corrected chi connectivity index (χ2v) is 2.11. The van der Waals surface area contributed by atoms with Gasteiger partial charge in [-0.15, -0.1) is 0 Å². The first-order chi connectivity index (χ1) is 4.22. The van der Waals surface area contributed by atoms with Gasteiger partial charge in [-0.3, -0.25) is 0 Å². The van der Waals surface area contributed by atoms with E-state index in [0.717, 1.165) is 18.7 Å². The quantitative estimate of drug-likeness (QED) is 0.557. The van der Waals surface area contributed by atoms with Crippen LogP contribution >= 0.6 is 0 Å². The van der Waals surface area contributed by atoms with Gasteiger partial charge in [-0.2, -0.15) is 0 Å². The second-order valence-electron chi connectivity index (χ2n) is 2.11. The summed E-state index contributed by atoms with van der Waals surface area (Å²) in [5, 5.41) is 0. The number of allylic oxidation sites excluding steroid dienone is 1. The van der Waals surface area contributed by atoms with E-state index in [2.05, 4.69) is 20.1 Å². The Morgan fingerprint density at radius 1 is 1.67 bits per heavy atom. The maximum atomic E-state index is 3.80. The Morgan fingerprint density at radius 2 is 2.22 bits per heavy atom. The zero-order chi connectivity index (χ0) is 7.28. The smallest absolute Gasteiger partial charge is 0.0219 e. The molecule has 0 N–H and O–H groups in total. The van der Waals surface area contributed by atoms with Crippen molar-refractivity contribution in [3.63, 3.8) is 0 Å². The highest BCUT2D eigenvalue weighted by Gasteiger charge is 1.93. The van der Waals surface area contributed by atoms with E-state index in [4.69, 9.17) is 0 Å². The summed E-state index contributed by atoms with van der Waals surface area (Å²) in [6, 6.07) is 0. The van der Waals surface area contributed by atoms with Crippen LogP contribution in [0, 0.1) is 0 Å². The third-order valence-corrected chi connectivity index (χ3v) is 1.18. The molecule has 0 aliphatic heterocycles. The fourth-order valence-electron chi connectivity index (χ4n) is 0.679. The molecule has 0 aliphatic carbocycles. The zero-order valence-electron chi connectivity index (χ0n) is 6.35. The van der Waals surface area contributed by atoms with Gasteiger partial charge in [-0.1, -0.05) is 20.1 Å². The van der Waals surface area contributed by atoms with E-state index in [9.17, 15) is 0 Å². The Bertz CT molecular complexity index is 105. The predicted octanol–water partition coefficient (Wildman–Crippen LogP) is 2.38. The van der Waals surface area contributed by atoms with Crippen molar-refractivity contribution in [1.82, 2.24) is 4.90 Å². The van der Waals surface area contributed by atoms with Gasteiger partial charge in [0.05, 0.1) is 0 Å². The molecule has 0 saturated heterocycles. The van der Waals surface area contributed by atoms with Crippen molar-refractivity contribution in [2.45, 2.75) is 20.3 Å². The average Bonchev–Trinajstić information content (AvgIpc) is 1.82. The first-order valence-corrected chi connectivity index (χ1v) is 3.27. The summed E-state index contributed by atoms with van der Waals surface area (Å²) in [7, 11) is 0. The van der Waals surface area contributed by atoms with E-state index in [1.807, 2.05) is 18.0 Å². The van der Waals surface area contributed by atoms with Crippen LogP contribution in [0.15, 0.2) is 25.1 Å². The molecule has 1 nitrogen and oxygen atoms in total. The third-order valence-electron chi connectivity index (χ3n) is 1.18. The number of nitrogens with zero attached hydrogens (tertiary/aromatic N) is 1. The van der Waals surface area contributed by atoms with Crippen LogP contribution in [0.3, 0.4) is 0 Å². The molecule has 0 aliphatic rings. The Morgan fingerprint density at radius 3 is 2.33 bits per heavy atom. The molecule has 0 unspecified atom stereocenters. The summed E-state index contributed by atoms with van der Waals surface area (Å²) in [4.78, 5) is 2.04. The highest BCUT2D eigenvalue weighted by Crippen LogP contribution is 2.00. The summed E-state index contributed by atoms with van der Waals surface area (Å²) in [5.41, 5.74) is 1.06. The predicted molar refractivity (Wildman–Crippen MR) is 42.0 cm³/mol. The molecule has 52 valence electrons. The minimum atomic E-state index is 1.03. The van der Waals surface area contributed by atoms with E-state index in [-0.39, 0.29) is 0 Å². The summed E-state index contributed by atoms with van der Waals surface area (Å²) < 4.78 is 0. The molecule has 1 heteroatoms. The molecule has 0 heterocycles. The zero-order valence-corrected chi connectivity index (χ0v) is 6.35. The molecule has 0 radical (unpaired) electrons. The molecule has 0 saturated carbocycles. The molecule has 0 rings (SSSR count). The monoisotopic (exact) mass is 125 g/mol. The Kier molecular flexibility index (Phi) is 3.85. The lowest BCUT2D eigenvalue weighted by Gasteiger charge is -2.17. The molecule has 0 aromatic rings. The van der Waals surface area contributed by atoms with Crippen molar-refractivity contribution in [3.05, 3.63) is 25.1 Å². The van der Waals surface area contributed by atoms with Crippen LogP contribution < -0.4 is 0 Å². The lowest BCUT2D eigenvalue weighted by Crippen LogP contribution is -2.13. The van der Waals surface area contributed by atoms with Crippen molar-refractivity contribution in [2.75, 3.05) is 6.54 Å². The van der Waals surface area contributed by atoms with E-state index in [1.54, 1.807) is 0 Å². The third kappa shape index (κ3) is 2.96. The van der Waals surface area contributed by atoms with Gasteiger partial charge < -0.3 is 4.90 Å². The maximum absolute atomic E-state index is 3.80. The minimum Gasteiger partial charge on any atom is -0.353 e. The largest absolute Gasteiger partial charge is 0.353 e. The molecule has 0 bridgehead atoms. The molecule has 0 atom stereocenters. The SMILES string of the molecule is C=CN(CCC)C(=C)C. The van der Waals surface area contributed by atoms with Gasteiger partial charge in [-0.25, -0.2) is 0 Å². The molecule has 9 heavy (non-hydrogen) atoms. The van der Waals surface area contributed by atoms with Crippen molar-refractivity contribution >= 4 is 0 Å². The summed E-state index contributed by atoms with van der Waals surface area (Å²) in [5.74, 6) is 0. The summed E-state index contributed by atoms with van der Waals surface area (Å²) in [6.07, 6.45) is 2.95. The summed E-state index contributed by atoms with van der Waals surface area (Å²) in [6.45, 7) is 12.6. The van der Waals surface area contributed by atoms with E-state index >= 15 is 0 Å². The second kappa shape index (κ2) is 4.19. The number of rotatable bonds is 4. The first-order valence-electron chi connectivity index (χ1n) is 3.27. The number of hydrogen-bond donors (Lipinski definition) is 0. The van der Waals surface area contributed by atoms with Crippen LogP contribution in [0.25, 0.3) is 0 Å². The molecular formula is C8H15N. The van der Waals surface area contributed by atoms with Crippen molar-refractivity contribution in [1.29, 1.82) is 0 Å². The van der Waals surface area contributed by atoms with Gasteiger partial charge >= 0.3 is 0 Å². The molecular weight excluding hydrogens is 110 g/mol. The fraction of sp³-hybridized carbons (Fsp3) is 0.500. The molecule has 0 spiro atoms. The topological polar surface area (TPSA) is 3.24 Å². The van der Waals surface area contributed by atoms with E-state index in [1.165, 1.54) is 0 Å². The normalized spacial score (nSPS) is 8.67. The Balaban J connectivity index is 3.68. The average molecular weight is 125 g/mol. The van der Waals surface area contributed by atoms with Gasteiger partial charge in [0.15, 0.2) is 0 Å². The molecule has 0 aromatic heterocycles. The van der Waals surface area contributed by atoms with E-state index < -0.39 is 0 Å². The van der Waals surface area contributed by atoms with Gasteiger partial charge in [-0.05, 0) is 19.5 Å². The van der Waals surface area contributed by atoms with Crippen molar-refractivity contribution in [3.8, 4) is 0 Å². The Hall–Kier alpha value is -0.720. The van der Waals surface area contributed by atoms with Gasteiger partial charge in [0.2, 0.25) is 0 Å². The lowest BCUT2D eigenvalue weighted by atomic mass is 10.4. The van der Waals surface area contributed by atoms with Crippen molar-refractivity contribution < 1.29 is 0 Å². The molecule has 0 amide bonds. The van der Waals surface area contributed by atoms with Crippen LogP contribution in [0.1, 0.15) is 20.3 Å². The summed E-state index contributed by atoms with van der Waals surface area (Å²) >= 11 is 0. The lowest BCUT2D eigenvalue weighted by molar-refractivity contribution is 0.466. The van der Waals surface area contributed by atoms with E-state index in [0.29, 0.717) is 0 Å². The van der Waals surface area contributed by atoms with Crippen molar-refractivity contribution in [2.24, 2.45) is 0 Å². The fourth-order valence-corrected chi connectivity index (χ4v) is 0.679. The highest BCUT2D eigenvalue weighted by molar-refractivity contribution is 4.93. The van der Waals surface area contributed by atoms with Gasteiger partial charge in [0.1, 0.15) is 0 Å². The standard InChI is InChI=1S/C8H15N/c1-5-7-9(6-2)8(3)4/h6H,2-3,5,7H2,1,4H3.